The molecule has 1 aromatic carbocycles. The molecule has 5 heteroatoms. The van der Waals surface area contributed by atoms with Crippen molar-refractivity contribution >= 4 is 23.7 Å². The van der Waals surface area contributed by atoms with Gasteiger partial charge in [0.2, 0.25) is 6.41 Å². The number of benzene rings is 1. The topological polar surface area (TPSA) is 38.1 Å². The van der Waals surface area contributed by atoms with Gasteiger partial charge in [-0.2, -0.15) is 5.10 Å². The highest BCUT2D eigenvalue weighted by molar-refractivity contribution is 6.31. The summed E-state index contributed by atoms with van der Waals surface area (Å²) in [5.41, 5.74) is 3.89. The van der Waals surface area contributed by atoms with Gasteiger partial charge in [-0.3, -0.25) is 9.48 Å². The number of carbonyl (C=O) groups is 1. The number of hydrogen-bond donors (Lipinski definition) is 0. The van der Waals surface area contributed by atoms with Crippen LogP contribution in [-0.2, 0) is 18.4 Å². The minimum atomic E-state index is 0.557. The quantitative estimate of drug-likeness (QED) is 0.725. The third-order valence-corrected chi connectivity index (χ3v) is 3.24. The fraction of sp³-hybridized carbons (Fsp3) is 0.167. The fourth-order valence-corrected chi connectivity index (χ4v) is 2.43. The molecule has 1 amide bonds. The number of anilines is 1. The van der Waals surface area contributed by atoms with Crippen LogP contribution >= 0.6 is 11.6 Å². The lowest BCUT2D eigenvalue weighted by Gasteiger charge is -2.26. The van der Waals surface area contributed by atoms with Gasteiger partial charge in [0, 0.05) is 23.2 Å². The zero-order valence-electron chi connectivity index (χ0n) is 9.22. The van der Waals surface area contributed by atoms with E-state index in [1.807, 2.05) is 23.9 Å². The maximum absolute atomic E-state index is 11.1. The van der Waals surface area contributed by atoms with E-state index in [4.69, 9.17) is 11.6 Å². The van der Waals surface area contributed by atoms with Crippen LogP contribution < -0.4 is 4.90 Å². The largest absolute Gasteiger partial charge is 0.310 e. The van der Waals surface area contributed by atoms with Gasteiger partial charge in [-0.05, 0) is 18.2 Å². The first kappa shape index (κ1) is 10.4. The molecular formula is C12H10ClN3O. The summed E-state index contributed by atoms with van der Waals surface area (Å²) in [6, 6.07) is 5.52. The van der Waals surface area contributed by atoms with Crippen LogP contribution in [0.1, 0.15) is 5.56 Å². The highest BCUT2D eigenvalue weighted by Gasteiger charge is 2.24. The summed E-state index contributed by atoms with van der Waals surface area (Å²) < 4.78 is 1.81. The summed E-state index contributed by atoms with van der Waals surface area (Å²) in [6.07, 6.45) is 2.62. The summed E-state index contributed by atoms with van der Waals surface area (Å²) in [6.45, 7) is 0.557. The van der Waals surface area contributed by atoms with Gasteiger partial charge in [0.15, 0.2) is 0 Å². The lowest BCUT2D eigenvalue weighted by molar-refractivity contribution is -0.107. The van der Waals surface area contributed by atoms with Crippen molar-refractivity contribution in [2.45, 2.75) is 6.54 Å². The molecule has 86 valence electrons. The Kier molecular flexibility index (Phi) is 2.19. The Labute approximate surface area is 103 Å². The Balaban J connectivity index is 2.31. The summed E-state index contributed by atoms with van der Waals surface area (Å²) >= 11 is 6.02. The van der Waals surface area contributed by atoms with Crippen molar-refractivity contribution in [2.24, 2.45) is 7.05 Å². The predicted octanol–water partition coefficient (Wildman–Crippen LogP) is 2.22. The number of rotatable bonds is 1. The van der Waals surface area contributed by atoms with Crippen LogP contribution in [0.3, 0.4) is 0 Å². The third-order valence-electron chi connectivity index (χ3n) is 3.01. The number of aryl methyl sites for hydroxylation is 1. The fourth-order valence-electron chi connectivity index (χ4n) is 2.26. The molecule has 4 nitrogen and oxygen atoms in total. The highest BCUT2D eigenvalue weighted by atomic mass is 35.5. The Bertz CT molecular complexity index is 606. The molecule has 17 heavy (non-hydrogen) atoms. The predicted molar refractivity (Wildman–Crippen MR) is 65.9 cm³/mol. The zero-order chi connectivity index (χ0) is 12.0. The molecule has 0 radical (unpaired) electrons. The Hall–Kier alpha value is -1.81. The first-order valence-corrected chi connectivity index (χ1v) is 5.61. The second kappa shape index (κ2) is 3.60. The van der Waals surface area contributed by atoms with Gasteiger partial charge < -0.3 is 4.90 Å². The molecule has 0 unspecified atom stereocenters. The lowest BCUT2D eigenvalue weighted by Crippen LogP contribution is -2.24. The normalized spacial score (nSPS) is 13.2. The molecule has 1 aliphatic heterocycles. The molecule has 0 atom stereocenters. The summed E-state index contributed by atoms with van der Waals surface area (Å²) in [5.74, 6) is 0. The smallest absolute Gasteiger partial charge is 0.214 e. The van der Waals surface area contributed by atoms with Crippen LogP contribution in [-0.4, -0.2) is 16.2 Å². The molecule has 0 bridgehead atoms. The minimum Gasteiger partial charge on any atom is -0.310 e. The van der Waals surface area contributed by atoms with Gasteiger partial charge in [-0.25, -0.2) is 0 Å². The number of aromatic nitrogens is 2. The van der Waals surface area contributed by atoms with E-state index in [1.54, 1.807) is 17.2 Å². The average molecular weight is 248 g/mol. The first-order valence-electron chi connectivity index (χ1n) is 5.23. The van der Waals surface area contributed by atoms with Gasteiger partial charge in [0.05, 0.1) is 24.1 Å². The molecule has 1 aromatic heterocycles. The Morgan fingerprint density at radius 2 is 2.29 bits per heavy atom. The van der Waals surface area contributed by atoms with Gasteiger partial charge in [0.25, 0.3) is 0 Å². The van der Waals surface area contributed by atoms with Gasteiger partial charge in [-0.15, -0.1) is 0 Å². The third kappa shape index (κ3) is 1.45. The van der Waals surface area contributed by atoms with Crippen molar-refractivity contribution in [3.8, 4) is 11.3 Å². The average Bonchev–Trinajstić information content (AvgIpc) is 2.70. The molecular weight excluding hydrogens is 238 g/mol. The number of halogens is 1. The SMILES string of the molecule is Cn1ncc2c1-c1cc(Cl)ccc1N(C=O)C2. The first-order chi connectivity index (χ1) is 8.20. The summed E-state index contributed by atoms with van der Waals surface area (Å²) in [4.78, 5) is 12.8. The number of carbonyl (C=O) groups excluding carboxylic acids is 1. The van der Waals surface area contributed by atoms with Crippen LogP contribution in [0.5, 0.6) is 0 Å². The van der Waals surface area contributed by atoms with E-state index in [9.17, 15) is 4.79 Å². The van der Waals surface area contributed by atoms with Crippen molar-refractivity contribution in [2.75, 3.05) is 4.90 Å². The van der Waals surface area contributed by atoms with Crippen LogP contribution in [0.2, 0.25) is 5.02 Å². The Morgan fingerprint density at radius 3 is 3.06 bits per heavy atom. The number of nitrogens with zero attached hydrogens (tertiary/aromatic N) is 3. The molecule has 0 spiro atoms. The van der Waals surface area contributed by atoms with Crippen LogP contribution in [0.4, 0.5) is 5.69 Å². The van der Waals surface area contributed by atoms with E-state index >= 15 is 0 Å². The maximum atomic E-state index is 11.1. The van der Waals surface area contributed by atoms with Gasteiger partial charge in [0.1, 0.15) is 0 Å². The number of amides is 1. The van der Waals surface area contributed by atoms with E-state index in [0.717, 1.165) is 28.9 Å². The highest BCUT2D eigenvalue weighted by Crippen LogP contribution is 2.39. The molecule has 0 saturated carbocycles. The minimum absolute atomic E-state index is 0.557. The van der Waals surface area contributed by atoms with Gasteiger partial charge >= 0.3 is 0 Å². The summed E-state index contributed by atoms with van der Waals surface area (Å²) in [7, 11) is 1.89. The molecule has 1 aliphatic rings. The molecule has 0 fully saturated rings. The van der Waals surface area contributed by atoms with Crippen molar-refractivity contribution in [1.82, 2.24) is 9.78 Å². The van der Waals surface area contributed by atoms with Crippen molar-refractivity contribution in [1.29, 1.82) is 0 Å². The standard InChI is InChI=1S/C12H10ClN3O/c1-15-12-8(5-14-15)6-16(7-17)11-3-2-9(13)4-10(11)12/h2-5,7H,6H2,1H3. The van der Waals surface area contributed by atoms with E-state index in [-0.39, 0.29) is 0 Å². The second-order valence-corrected chi connectivity index (χ2v) is 4.47. The van der Waals surface area contributed by atoms with E-state index in [2.05, 4.69) is 5.10 Å². The zero-order valence-corrected chi connectivity index (χ0v) is 9.98. The molecule has 2 aromatic rings. The molecule has 0 N–H and O–H groups in total. The van der Waals surface area contributed by atoms with Gasteiger partial charge in [-0.1, -0.05) is 11.6 Å². The monoisotopic (exact) mass is 247 g/mol. The van der Waals surface area contributed by atoms with E-state index < -0.39 is 0 Å². The van der Waals surface area contributed by atoms with Crippen LogP contribution in [0.25, 0.3) is 11.3 Å². The molecule has 0 aliphatic carbocycles. The van der Waals surface area contributed by atoms with Crippen molar-refractivity contribution in [3.63, 3.8) is 0 Å². The number of hydrogen-bond acceptors (Lipinski definition) is 2. The van der Waals surface area contributed by atoms with E-state index in [0.29, 0.717) is 11.6 Å². The summed E-state index contributed by atoms with van der Waals surface area (Å²) in [5, 5.41) is 4.88. The molecule has 0 saturated heterocycles. The molecule has 3 rings (SSSR count). The molecule has 2 heterocycles. The number of fused-ring (bicyclic) bond motifs is 3. The van der Waals surface area contributed by atoms with Crippen molar-refractivity contribution in [3.05, 3.63) is 35.0 Å². The van der Waals surface area contributed by atoms with Crippen LogP contribution in [0, 0.1) is 0 Å². The van der Waals surface area contributed by atoms with Crippen molar-refractivity contribution < 1.29 is 4.79 Å². The second-order valence-electron chi connectivity index (χ2n) is 4.04. The lowest BCUT2D eigenvalue weighted by atomic mass is 10.0. The Morgan fingerprint density at radius 1 is 1.47 bits per heavy atom. The maximum Gasteiger partial charge on any atom is 0.214 e. The van der Waals surface area contributed by atoms with Crippen LogP contribution in [0.15, 0.2) is 24.4 Å². The van der Waals surface area contributed by atoms with E-state index in [1.165, 1.54) is 0 Å².